The molecule has 0 aliphatic rings. The second-order valence-electron chi connectivity index (χ2n) is 5.65. The molecular formula is C17H20N4O3. The maximum atomic E-state index is 11.7. The molecule has 1 amide bonds. The van der Waals surface area contributed by atoms with Gasteiger partial charge in [-0.3, -0.25) is 4.79 Å². The lowest BCUT2D eigenvalue weighted by molar-refractivity contribution is -0.116. The van der Waals surface area contributed by atoms with Crippen molar-refractivity contribution in [1.29, 1.82) is 0 Å². The van der Waals surface area contributed by atoms with Gasteiger partial charge in [-0.15, -0.1) is 10.2 Å². The van der Waals surface area contributed by atoms with Crippen molar-refractivity contribution in [1.82, 2.24) is 10.2 Å². The Hall–Kier alpha value is -2.96. The van der Waals surface area contributed by atoms with Gasteiger partial charge in [-0.1, -0.05) is 19.9 Å². The summed E-state index contributed by atoms with van der Waals surface area (Å²) in [4.78, 5) is 23.2. The van der Waals surface area contributed by atoms with E-state index < -0.39 is 5.97 Å². The van der Waals surface area contributed by atoms with E-state index in [9.17, 15) is 9.59 Å². The second-order valence-corrected chi connectivity index (χ2v) is 5.65. The van der Waals surface area contributed by atoms with E-state index in [0.717, 1.165) is 0 Å². The van der Waals surface area contributed by atoms with Gasteiger partial charge in [0.25, 0.3) is 0 Å². The zero-order chi connectivity index (χ0) is 17.5. The Bertz CT molecular complexity index is 714. The lowest BCUT2D eigenvalue weighted by Gasteiger charge is -2.08. The standard InChI is InChI=1S/C17H20N4O3/c1-11(2)9-16(22)19-15-8-7-14(20-21-15)18-13-6-4-5-12(10-13)17(23)24-3/h4-8,10-11H,9H2,1-3H3,(H,18,20)(H,19,21,22). The van der Waals surface area contributed by atoms with Crippen LogP contribution in [0.1, 0.15) is 30.6 Å². The van der Waals surface area contributed by atoms with Crippen LogP contribution < -0.4 is 10.6 Å². The van der Waals surface area contributed by atoms with Gasteiger partial charge in [-0.25, -0.2) is 4.79 Å². The Morgan fingerprint density at radius 3 is 2.46 bits per heavy atom. The predicted molar refractivity (Wildman–Crippen MR) is 91.2 cm³/mol. The van der Waals surface area contributed by atoms with Gasteiger partial charge in [-0.2, -0.15) is 0 Å². The van der Waals surface area contributed by atoms with E-state index in [2.05, 4.69) is 25.6 Å². The molecule has 0 aliphatic carbocycles. The Morgan fingerprint density at radius 2 is 1.83 bits per heavy atom. The number of hydrogen-bond donors (Lipinski definition) is 2. The molecule has 1 heterocycles. The van der Waals surface area contributed by atoms with E-state index in [-0.39, 0.29) is 11.8 Å². The van der Waals surface area contributed by atoms with Gasteiger partial charge in [0.1, 0.15) is 0 Å². The highest BCUT2D eigenvalue weighted by Crippen LogP contribution is 2.17. The molecule has 0 aliphatic heterocycles. The summed E-state index contributed by atoms with van der Waals surface area (Å²) in [5.41, 5.74) is 1.12. The molecule has 2 N–H and O–H groups in total. The number of hydrogen-bond acceptors (Lipinski definition) is 6. The van der Waals surface area contributed by atoms with E-state index in [0.29, 0.717) is 29.3 Å². The van der Waals surface area contributed by atoms with Crippen molar-refractivity contribution >= 4 is 29.2 Å². The van der Waals surface area contributed by atoms with Crippen LogP contribution in [-0.2, 0) is 9.53 Å². The summed E-state index contributed by atoms with van der Waals surface area (Å²) in [7, 11) is 1.33. The molecule has 1 aromatic heterocycles. The first-order valence-corrected chi connectivity index (χ1v) is 7.57. The molecule has 7 heteroatoms. The van der Waals surface area contributed by atoms with Gasteiger partial charge in [0, 0.05) is 12.1 Å². The third-order valence-electron chi connectivity index (χ3n) is 3.08. The van der Waals surface area contributed by atoms with Gasteiger partial charge in [0.2, 0.25) is 5.91 Å². The van der Waals surface area contributed by atoms with Crippen LogP contribution in [0.4, 0.5) is 17.3 Å². The Kier molecular flexibility index (Phi) is 5.83. The van der Waals surface area contributed by atoms with Crippen LogP contribution in [-0.4, -0.2) is 29.2 Å². The summed E-state index contributed by atoms with van der Waals surface area (Å²) < 4.78 is 4.69. The molecule has 1 aromatic carbocycles. The van der Waals surface area contributed by atoms with E-state index in [1.165, 1.54) is 7.11 Å². The molecule has 126 valence electrons. The van der Waals surface area contributed by atoms with Crippen LogP contribution in [0.2, 0.25) is 0 Å². The van der Waals surface area contributed by atoms with Crippen LogP contribution >= 0.6 is 0 Å². The number of benzene rings is 1. The molecule has 7 nitrogen and oxygen atoms in total. The average molecular weight is 328 g/mol. The fraction of sp³-hybridized carbons (Fsp3) is 0.294. The number of methoxy groups -OCH3 is 1. The molecule has 0 atom stereocenters. The largest absolute Gasteiger partial charge is 0.465 e. The second kappa shape index (κ2) is 8.05. The number of carbonyl (C=O) groups is 2. The summed E-state index contributed by atoms with van der Waals surface area (Å²) in [6.07, 6.45) is 0.433. The highest BCUT2D eigenvalue weighted by atomic mass is 16.5. The molecular weight excluding hydrogens is 308 g/mol. The van der Waals surface area contributed by atoms with Crippen molar-refractivity contribution < 1.29 is 14.3 Å². The fourth-order valence-electron chi connectivity index (χ4n) is 2.02. The van der Waals surface area contributed by atoms with E-state index in [1.807, 2.05) is 13.8 Å². The number of amides is 1. The summed E-state index contributed by atoms with van der Waals surface area (Å²) in [6.45, 7) is 3.95. The molecule has 0 unspecified atom stereocenters. The number of aromatic nitrogens is 2. The van der Waals surface area contributed by atoms with E-state index in [4.69, 9.17) is 0 Å². The normalized spacial score (nSPS) is 10.3. The Morgan fingerprint density at radius 1 is 1.12 bits per heavy atom. The summed E-state index contributed by atoms with van der Waals surface area (Å²) in [5, 5.41) is 13.7. The summed E-state index contributed by atoms with van der Waals surface area (Å²) >= 11 is 0. The molecule has 0 saturated heterocycles. The van der Waals surface area contributed by atoms with Crippen LogP contribution in [0.25, 0.3) is 0 Å². The first-order valence-electron chi connectivity index (χ1n) is 7.57. The van der Waals surface area contributed by atoms with Crippen molar-refractivity contribution in [3.8, 4) is 0 Å². The molecule has 0 spiro atoms. The third kappa shape index (κ3) is 5.05. The zero-order valence-corrected chi connectivity index (χ0v) is 13.9. The van der Waals surface area contributed by atoms with Crippen molar-refractivity contribution in [3.63, 3.8) is 0 Å². The minimum absolute atomic E-state index is 0.0919. The zero-order valence-electron chi connectivity index (χ0n) is 13.9. The summed E-state index contributed by atoms with van der Waals surface area (Å²) in [6, 6.07) is 10.2. The number of carbonyl (C=O) groups excluding carboxylic acids is 2. The van der Waals surface area contributed by atoms with E-state index >= 15 is 0 Å². The topological polar surface area (TPSA) is 93.2 Å². The molecule has 0 radical (unpaired) electrons. The predicted octanol–water partition coefficient (Wildman–Crippen LogP) is 2.99. The Balaban J connectivity index is 2.01. The molecule has 2 rings (SSSR count). The quantitative estimate of drug-likeness (QED) is 0.792. The number of nitrogens with one attached hydrogen (secondary N) is 2. The average Bonchev–Trinajstić information content (AvgIpc) is 2.55. The molecule has 0 saturated carbocycles. The van der Waals surface area contributed by atoms with Crippen LogP contribution in [0.3, 0.4) is 0 Å². The molecule has 0 fully saturated rings. The van der Waals surface area contributed by atoms with Gasteiger partial charge >= 0.3 is 5.97 Å². The molecule has 0 bridgehead atoms. The number of ether oxygens (including phenoxy) is 1. The SMILES string of the molecule is COC(=O)c1cccc(Nc2ccc(NC(=O)CC(C)C)nn2)c1. The fourth-order valence-corrected chi connectivity index (χ4v) is 2.02. The monoisotopic (exact) mass is 328 g/mol. The lowest BCUT2D eigenvalue weighted by Crippen LogP contribution is -2.15. The maximum Gasteiger partial charge on any atom is 0.337 e. The highest BCUT2D eigenvalue weighted by Gasteiger charge is 2.08. The van der Waals surface area contributed by atoms with Crippen molar-refractivity contribution in [2.45, 2.75) is 20.3 Å². The van der Waals surface area contributed by atoms with Gasteiger partial charge < -0.3 is 15.4 Å². The third-order valence-corrected chi connectivity index (χ3v) is 3.08. The van der Waals surface area contributed by atoms with Crippen LogP contribution in [0.5, 0.6) is 0 Å². The minimum Gasteiger partial charge on any atom is -0.465 e. The number of anilines is 3. The maximum absolute atomic E-state index is 11.7. The molecule has 24 heavy (non-hydrogen) atoms. The number of esters is 1. The lowest BCUT2D eigenvalue weighted by atomic mass is 10.1. The van der Waals surface area contributed by atoms with Crippen molar-refractivity contribution in [3.05, 3.63) is 42.0 Å². The smallest absolute Gasteiger partial charge is 0.337 e. The van der Waals surface area contributed by atoms with Crippen LogP contribution in [0, 0.1) is 5.92 Å². The van der Waals surface area contributed by atoms with Crippen molar-refractivity contribution in [2.75, 3.05) is 17.7 Å². The first kappa shape index (κ1) is 17.4. The van der Waals surface area contributed by atoms with Crippen LogP contribution in [0.15, 0.2) is 36.4 Å². The first-order chi connectivity index (χ1) is 11.5. The number of nitrogens with zero attached hydrogens (tertiary/aromatic N) is 2. The van der Waals surface area contributed by atoms with Crippen molar-refractivity contribution in [2.24, 2.45) is 5.92 Å². The summed E-state index contributed by atoms with van der Waals surface area (Å²) in [5.74, 6) is 0.674. The molecule has 2 aromatic rings. The Labute approximate surface area is 140 Å². The van der Waals surface area contributed by atoms with Gasteiger partial charge in [-0.05, 0) is 36.2 Å². The van der Waals surface area contributed by atoms with Gasteiger partial charge in [0.05, 0.1) is 12.7 Å². The highest BCUT2D eigenvalue weighted by molar-refractivity contribution is 5.91. The minimum atomic E-state index is -0.409. The number of rotatable bonds is 6. The van der Waals surface area contributed by atoms with E-state index in [1.54, 1.807) is 36.4 Å². The van der Waals surface area contributed by atoms with Gasteiger partial charge in [0.15, 0.2) is 11.6 Å².